The fourth-order valence-corrected chi connectivity index (χ4v) is 2.38. The Balaban J connectivity index is 2.63. The van der Waals surface area contributed by atoms with Gasteiger partial charge in [0.2, 0.25) is 0 Å². The Morgan fingerprint density at radius 2 is 2.09 bits per heavy atom. The molecular weight excluding hydrogens is 347 g/mol. The van der Waals surface area contributed by atoms with Crippen molar-refractivity contribution in [3.63, 3.8) is 0 Å². The van der Waals surface area contributed by atoms with Gasteiger partial charge >= 0.3 is 0 Å². The van der Waals surface area contributed by atoms with E-state index in [1.54, 1.807) is 19.1 Å². The lowest BCUT2D eigenvalue weighted by atomic mass is 10.3. The number of nitrogens with zero attached hydrogens (tertiary/aromatic N) is 4. The molecule has 8 heteroatoms. The summed E-state index contributed by atoms with van der Waals surface area (Å²) in [4.78, 5) is 4.29. The van der Waals surface area contributed by atoms with Crippen LogP contribution in [0.25, 0.3) is 5.69 Å². The second-order valence-electron chi connectivity index (χ2n) is 4.16. The van der Waals surface area contributed by atoms with E-state index in [-0.39, 0.29) is 10.0 Å². The third-order valence-corrected chi connectivity index (χ3v) is 4.01. The summed E-state index contributed by atoms with van der Waals surface area (Å²) in [5, 5.41) is 14.1. The Morgan fingerprint density at radius 3 is 2.73 bits per heavy atom. The summed E-state index contributed by atoms with van der Waals surface area (Å²) in [5.41, 5.74) is 0.766. The molecule has 2 aromatic rings. The zero-order chi connectivity index (χ0) is 16.3. The van der Waals surface area contributed by atoms with Crippen LogP contribution in [0.15, 0.2) is 23.3 Å². The first kappa shape index (κ1) is 16.6. The fourth-order valence-electron chi connectivity index (χ4n) is 1.77. The SMILES string of the molecule is CCOC(C)=Nc1c(C#N)cnn1-c1ccc(Cl)c(Cl)c1Cl. The minimum atomic E-state index is 0.214. The van der Waals surface area contributed by atoms with Gasteiger partial charge in [0.15, 0.2) is 11.7 Å². The van der Waals surface area contributed by atoms with Gasteiger partial charge in [-0.25, -0.2) is 4.68 Å². The van der Waals surface area contributed by atoms with Crippen molar-refractivity contribution in [3.8, 4) is 11.8 Å². The van der Waals surface area contributed by atoms with Gasteiger partial charge in [0, 0.05) is 6.92 Å². The van der Waals surface area contributed by atoms with Crippen molar-refractivity contribution in [2.24, 2.45) is 4.99 Å². The molecule has 0 unspecified atom stereocenters. The van der Waals surface area contributed by atoms with E-state index >= 15 is 0 Å². The van der Waals surface area contributed by atoms with E-state index in [1.165, 1.54) is 10.9 Å². The lowest BCUT2D eigenvalue weighted by Gasteiger charge is -2.09. The summed E-state index contributed by atoms with van der Waals surface area (Å²) in [6.45, 7) is 4.01. The van der Waals surface area contributed by atoms with Crippen LogP contribution in [-0.4, -0.2) is 22.3 Å². The van der Waals surface area contributed by atoms with Crippen molar-refractivity contribution in [2.45, 2.75) is 13.8 Å². The van der Waals surface area contributed by atoms with Crippen LogP contribution in [-0.2, 0) is 4.74 Å². The Labute approximate surface area is 142 Å². The Morgan fingerprint density at radius 1 is 1.36 bits per heavy atom. The van der Waals surface area contributed by atoms with Crippen molar-refractivity contribution >= 4 is 46.5 Å². The number of hydrogen-bond acceptors (Lipinski definition) is 4. The van der Waals surface area contributed by atoms with E-state index in [9.17, 15) is 5.26 Å². The molecule has 2 rings (SSSR count). The molecule has 0 saturated carbocycles. The molecule has 0 amide bonds. The van der Waals surface area contributed by atoms with Crippen molar-refractivity contribution in [1.82, 2.24) is 9.78 Å². The van der Waals surface area contributed by atoms with Gasteiger partial charge in [0.05, 0.1) is 33.6 Å². The van der Waals surface area contributed by atoms with Crippen molar-refractivity contribution < 1.29 is 4.74 Å². The van der Waals surface area contributed by atoms with Crippen LogP contribution >= 0.6 is 34.8 Å². The van der Waals surface area contributed by atoms with Crippen LogP contribution in [0.1, 0.15) is 19.4 Å². The molecule has 0 saturated heterocycles. The number of aliphatic imine (C=N–C) groups is 1. The van der Waals surface area contributed by atoms with Crippen LogP contribution in [0.5, 0.6) is 0 Å². The summed E-state index contributed by atoms with van der Waals surface area (Å²) in [7, 11) is 0. The first-order valence-corrected chi connectivity index (χ1v) is 7.43. The topological polar surface area (TPSA) is 63.2 Å². The van der Waals surface area contributed by atoms with Crippen molar-refractivity contribution in [2.75, 3.05) is 6.61 Å². The first-order valence-electron chi connectivity index (χ1n) is 6.29. The van der Waals surface area contributed by atoms with E-state index in [4.69, 9.17) is 39.5 Å². The molecule has 22 heavy (non-hydrogen) atoms. The second kappa shape index (κ2) is 7.01. The predicted molar refractivity (Wildman–Crippen MR) is 87.7 cm³/mol. The number of aromatic nitrogens is 2. The summed E-state index contributed by atoms with van der Waals surface area (Å²) in [5.74, 6) is 0.727. The maximum atomic E-state index is 9.20. The molecule has 0 N–H and O–H groups in total. The van der Waals surface area contributed by atoms with Crippen molar-refractivity contribution in [3.05, 3.63) is 39.0 Å². The Hall–Kier alpha value is -1.74. The molecule has 0 bridgehead atoms. The average molecular weight is 358 g/mol. The molecule has 0 aliphatic rings. The number of benzene rings is 1. The standard InChI is InChI=1S/C14H11Cl3N4O/c1-3-22-8(2)20-14-9(6-18)7-19-21(14)11-5-4-10(15)12(16)13(11)17/h4-5,7H,3H2,1-2H3. The van der Waals surface area contributed by atoms with Gasteiger partial charge in [-0.1, -0.05) is 34.8 Å². The largest absolute Gasteiger partial charge is 0.481 e. The number of halogens is 3. The molecule has 0 aliphatic carbocycles. The van der Waals surface area contributed by atoms with Gasteiger partial charge in [-0.05, 0) is 19.1 Å². The van der Waals surface area contributed by atoms with E-state index in [2.05, 4.69) is 10.1 Å². The lowest BCUT2D eigenvalue weighted by molar-refractivity contribution is 0.324. The molecule has 1 aromatic heterocycles. The minimum Gasteiger partial charge on any atom is -0.481 e. The van der Waals surface area contributed by atoms with Crippen LogP contribution in [0.2, 0.25) is 15.1 Å². The smallest absolute Gasteiger partial charge is 0.186 e. The van der Waals surface area contributed by atoms with Gasteiger partial charge < -0.3 is 4.74 Å². The van der Waals surface area contributed by atoms with Gasteiger partial charge in [-0.3, -0.25) is 0 Å². The number of nitriles is 1. The van der Waals surface area contributed by atoms with E-state index < -0.39 is 0 Å². The van der Waals surface area contributed by atoms with E-state index in [0.717, 1.165) is 0 Å². The molecule has 1 aromatic carbocycles. The normalized spacial score (nSPS) is 11.4. The predicted octanol–water partition coefficient (Wildman–Crippen LogP) is 4.79. The zero-order valence-electron chi connectivity index (χ0n) is 11.8. The highest BCUT2D eigenvalue weighted by atomic mass is 35.5. The lowest BCUT2D eigenvalue weighted by Crippen LogP contribution is -2.02. The van der Waals surface area contributed by atoms with Crippen LogP contribution < -0.4 is 0 Å². The van der Waals surface area contributed by atoms with Crippen LogP contribution in [0.4, 0.5) is 5.82 Å². The zero-order valence-corrected chi connectivity index (χ0v) is 14.0. The molecule has 0 atom stereocenters. The molecule has 0 radical (unpaired) electrons. The third-order valence-electron chi connectivity index (χ3n) is 2.72. The van der Waals surface area contributed by atoms with Crippen LogP contribution in [0, 0.1) is 11.3 Å². The second-order valence-corrected chi connectivity index (χ2v) is 5.33. The maximum Gasteiger partial charge on any atom is 0.186 e. The molecule has 0 spiro atoms. The monoisotopic (exact) mass is 356 g/mol. The molecule has 1 heterocycles. The molecule has 0 aliphatic heterocycles. The third kappa shape index (κ3) is 3.20. The van der Waals surface area contributed by atoms with E-state index in [1.807, 2.05) is 13.0 Å². The van der Waals surface area contributed by atoms with Gasteiger partial charge in [-0.15, -0.1) is 0 Å². The van der Waals surface area contributed by atoms with Gasteiger partial charge in [0.1, 0.15) is 11.6 Å². The Bertz CT molecular complexity index is 777. The van der Waals surface area contributed by atoms with Gasteiger partial charge in [0.25, 0.3) is 0 Å². The molecular formula is C14H11Cl3N4O. The fraction of sp³-hybridized carbons (Fsp3) is 0.214. The number of ether oxygens (including phenoxy) is 1. The Kier molecular flexibility index (Phi) is 5.30. The van der Waals surface area contributed by atoms with E-state index in [0.29, 0.717) is 34.6 Å². The molecule has 5 nitrogen and oxygen atoms in total. The van der Waals surface area contributed by atoms with Crippen molar-refractivity contribution in [1.29, 1.82) is 5.26 Å². The molecule has 0 fully saturated rings. The first-order chi connectivity index (χ1) is 10.5. The quantitative estimate of drug-likeness (QED) is 0.450. The highest BCUT2D eigenvalue weighted by molar-refractivity contribution is 6.48. The number of hydrogen-bond donors (Lipinski definition) is 0. The summed E-state index contributed by atoms with van der Waals surface area (Å²) in [6, 6.07) is 5.28. The summed E-state index contributed by atoms with van der Waals surface area (Å²) in [6.07, 6.45) is 1.40. The summed E-state index contributed by atoms with van der Waals surface area (Å²) >= 11 is 18.2. The summed E-state index contributed by atoms with van der Waals surface area (Å²) < 4.78 is 6.72. The highest BCUT2D eigenvalue weighted by Crippen LogP contribution is 2.36. The molecule has 114 valence electrons. The average Bonchev–Trinajstić information content (AvgIpc) is 2.88. The number of rotatable bonds is 3. The maximum absolute atomic E-state index is 9.20. The van der Waals surface area contributed by atoms with Crippen LogP contribution in [0.3, 0.4) is 0 Å². The van der Waals surface area contributed by atoms with Gasteiger partial charge in [-0.2, -0.15) is 15.4 Å². The minimum absolute atomic E-state index is 0.214. The highest BCUT2D eigenvalue weighted by Gasteiger charge is 2.17.